The normalized spacial score (nSPS) is 24.2. The van der Waals surface area contributed by atoms with Crippen molar-refractivity contribution in [3.63, 3.8) is 0 Å². The van der Waals surface area contributed by atoms with Crippen LogP contribution in [-0.4, -0.2) is 18.1 Å². The molecule has 1 saturated heterocycles. The highest BCUT2D eigenvalue weighted by Crippen LogP contribution is 2.45. The monoisotopic (exact) mass is 300 g/mol. The lowest BCUT2D eigenvalue weighted by Gasteiger charge is -2.50. The number of anilines is 1. The standard InChI is InChI=1S/C12H17BrN2S/c13-10-7-14-11(16-10)15-8-12(9-15)5-3-1-2-4-6-12/h7H,1-6,8-9H2. The van der Waals surface area contributed by atoms with Crippen LogP contribution in [0.15, 0.2) is 9.98 Å². The van der Waals surface area contributed by atoms with Gasteiger partial charge in [-0.1, -0.05) is 37.0 Å². The van der Waals surface area contributed by atoms with Gasteiger partial charge in [-0.3, -0.25) is 0 Å². The van der Waals surface area contributed by atoms with Gasteiger partial charge in [0.2, 0.25) is 0 Å². The summed E-state index contributed by atoms with van der Waals surface area (Å²) in [6.07, 6.45) is 10.6. The number of hydrogen-bond donors (Lipinski definition) is 0. The van der Waals surface area contributed by atoms with Gasteiger partial charge in [0.25, 0.3) is 0 Å². The lowest BCUT2D eigenvalue weighted by molar-refractivity contribution is 0.180. The summed E-state index contributed by atoms with van der Waals surface area (Å²) in [5.41, 5.74) is 0.647. The summed E-state index contributed by atoms with van der Waals surface area (Å²) < 4.78 is 1.14. The molecule has 1 aliphatic carbocycles. The van der Waals surface area contributed by atoms with E-state index in [1.54, 1.807) is 11.3 Å². The molecule has 1 saturated carbocycles. The fraction of sp³-hybridized carbons (Fsp3) is 0.750. The van der Waals surface area contributed by atoms with Crippen molar-refractivity contribution in [3.05, 3.63) is 9.98 Å². The van der Waals surface area contributed by atoms with Crippen LogP contribution in [0.2, 0.25) is 0 Å². The predicted octanol–water partition coefficient (Wildman–Crippen LogP) is 4.07. The van der Waals surface area contributed by atoms with Crippen molar-refractivity contribution < 1.29 is 0 Å². The first kappa shape index (κ1) is 11.0. The first-order valence-corrected chi connectivity index (χ1v) is 7.75. The molecule has 16 heavy (non-hydrogen) atoms. The van der Waals surface area contributed by atoms with Gasteiger partial charge in [-0.15, -0.1) is 0 Å². The van der Waals surface area contributed by atoms with Gasteiger partial charge in [0.15, 0.2) is 5.13 Å². The Labute approximate surface area is 109 Å². The summed E-state index contributed by atoms with van der Waals surface area (Å²) in [6, 6.07) is 0. The van der Waals surface area contributed by atoms with Crippen molar-refractivity contribution in [1.82, 2.24) is 4.98 Å². The molecular weight excluding hydrogens is 284 g/mol. The van der Waals surface area contributed by atoms with Crippen LogP contribution in [0.5, 0.6) is 0 Å². The Morgan fingerprint density at radius 3 is 2.44 bits per heavy atom. The Bertz CT molecular complexity index is 361. The van der Waals surface area contributed by atoms with Gasteiger partial charge in [0.1, 0.15) is 0 Å². The highest BCUT2D eigenvalue weighted by molar-refractivity contribution is 9.11. The van der Waals surface area contributed by atoms with Gasteiger partial charge in [0.05, 0.1) is 9.98 Å². The number of aromatic nitrogens is 1. The summed E-state index contributed by atoms with van der Waals surface area (Å²) in [5.74, 6) is 0. The van der Waals surface area contributed by atoms with E-state index < -0.39 is 0 Å². The Balaban J connectivity index is 1.64. The zero-order chi connectivity index (χ0) is 11.0. The molecule has 3 rings (SSSR count). The Kier molecular flexibility index (Phi) is 2.96. The largest absolute Gasteiger partial charge is 0.347 e. The van der Waals surface area contributed by atoms with Crippen molar-refractivity contribution in [3.8, 4) is 0 Å². The minimum absolute atomic E-state index is 0.647. The first-order valence-electron chi connectivity index (χ1n) is 6.14. The molecule has 1 aliphatic heterocycles. The molecule has 2 heterocycles. The average molecular weight is 301 g/mol. The van der Waals surface area contributed by atoms with Crippen molar-refractivity contribution in [2.24, 2.45) is 5.41 Å². The van der Waals surface area contributed by atoms with E-state index in [2.05, 4.69) is 25.8 Å². The third-order valence-corrected chi connectivity index (χ3v) is 5.49. The summed E-state index contributed by atoms with van der Waals surface area (Å²) >= 11 is 5.24. The number of nitrogens with zero attached hydrogens (tertiary/aromatic N) is 2. The molecule has 2 fully saturated rings. The average Bonchev–Trinajstić information content (AvgIpc) is 2.52. The van der Waals surface area contributed by atoms with E-state index in [-0.39, 0.29) is 0 Å². The number of hydrogen-bond acceptors (Lipinski definition) is 3. The van der Waals surface area contributed by atoms with Crippen LogP contribution in [-0.2, 0) is 0 Å². The third-order valence-electron chi connectivity index (χ3n) is 3.95. The van der Waals surface area contributed by atoms with Gasteiger partial charge < -0.3 is 4.90 Å². The molecule has 88 valence electrons. The maximum Gasteiger partial charge on any atom is 0.186 e. The van der Waals surface area contributed by atoms with Crippen LogP contribution in [0.3, 0.4) is 0 Å². The van der Waals surface area contributed by atoms with Gasteiger partial charge in [-0.2, -0.15) is 0 Å². The molecule has 0 amide bonds. The molecule has 0 atom stereocenters. The van der Waals surface area contributed by atoms with Crippen LogP contribution in [0.1, 0.15) is 38.5 Å². The highest BCUT2D eigenvalue weighted by Gasteiger charge is 2.43. The van der Waals surface area contributed by atoms with E-state index >= 15 is 0 Å². The molecule has 2 aliphatic rings. The second kappa shape index (κ2) is 4.30. The second-order valence-corrected chi connectivity index (χ2v) is 7.61. The number of thiazole rings is 1. The quantitative estimate of drug-likeness (QED) is 0.777. The summed E-state index contributed by atoms with van der Waals surface area (Å²) in [5, 5.41) is 1.20. The Morgan fingerprint density at radius 1 is 1.19 bits per heavy atom. The topological polar surface area (TPSA) is 16.1 Å². The van der Waals surface area contributed by atoms with Crippen molar-refractivity contribution in [2.75, 3.05) is 18.0 Å². The molecule has 2 nitrogen and oxygen atoms in total. The molecular formula is C12H17BrN2S. The molecule has 0 bridgehead atoms. The fourth-order valence-corrected chi connectivity index (χ4v) is 4.27. The molecule has 4 heteroatoms. The smallest absolute Gasteiger partial charge is 0.186 e. The van der Waals surface area contributed by atoms with Gasteiger partial charge >= 0.3 is 0 Å². The molecule has 1 aromatic heterocycles. The SMILES string of the molecule is Brc1cnc(N2CC3(CCCCCC3)C2)s1. The minimum Gasteiger partial charge on any atom is -0.347 e. The Hall–Kier alpha value is -0.0900. The number of rotatable bonds is 1. The number of halogens is 1. The van der Waals surface area contributed by atoms with E-state index in [0.717, 1.165) is 3.79 Å². The van der Waals surface area contributed by atoms with Crippen LogP contribution in [0.4, 0.5) is 5.13 Å². The second-order valence-electron chi connectivity index (χ2n) is 5.22. The van der Waals surface area contributed by atoms with Crippen LogP contribution >= 0.6 is 27.3 Å². The maximum atomic E-state index is 4.44. The van der Waals surface area contributed by atoms with Crippen LogP contribution in [0.25, 0.3) is 0 Å². The maximum absolute atomic E-state index is 4.44. The molecule has 0 N–H and O–H groups in total. The molecule has 1 aromatic rings. The molecule has 0 radical (unpaired) electrons. The predicted molar refractivity (Wildman–Crippen MR) is 72.2 cm³/mol. The minimum atomic E-state index is 0.647. The summed E-state index contributed by atoms with van der Waals surface area (Å²) in [6.45, 7) is 2.49. The van der Waals surface area contributed by atoms with Gasteiger partial charge in [-0.25, -0.2) is 4.98 Å². The van der Waals surface area contributed by atoms with E-state index in [9.17, 15) is 0 Å². The van der Waals surface area contributed by atoms with Gasteiger partial charge in [0, 0.05) is 18.5 Å². The lowest BCUT2D eigenvalue weighted by Crippen LogP contribution is -2.56. The first-order chi connectivity index (χ1) is 7.77. The summed E-state index contributed by atoms with van der Waals surface area (Å²) in [4.78, 5) is 6.88. The van der Waals surface area contributed by atoms with Crippen molar-refractivity contribution in [2.45, 2.75) is 38.5 Å². The molecule has 0 aromatic carbocycles. The lowest BCUT2D eigenvalue weighted by atomic mass is 9.74. The summed E-state index contributed by atoms with van der Waals surface area (Å²) in [7, 11) is 0. The third kappa shape index (κ3) is 2.02. The van der Waals surface area contributed by atoms with E-state index in [0.29, 0.717) is 5.41 Å². The Morgan fingerprint density at radius 2 is 1.88 bits per heavy atom. The zero-order valence-electron chi connectivity index (χ0n) is 9.41. The van der Waals surface area contributed by atoms with E-state index in [1.165, 1.54) is 56.7 Å². The van der Waals surface area contributed by atoms with Crippen molar-refractivity contribution >= 4 is 32.4 Å². The molecule has 1 spiro atoms. The van der Waals surface area contributed by atoms with Crippen LogP contribution < -0.4 is 4.90 Å². The van der Waals surface area contributed by atoms with Crippen molar-refractivity contribution in [1.29, 1.82) is 0 Å². The van der Waals surface area contributed by atoms with E-state index in [4.69, 9.17) is 0 Å². The fourth-order valence-electron chi connectivity index (χ4n) is 3.09. The van der Waals surface area contributed by atoms with E-state index in [1.807, 2.05) is 6.20 Å². The van der Waals surface area contributed by atoms with Crippen LogP contribution in [0, 0.1) is 5.41 Å². The zero-order valence-corrected chi connectivity index (χ0v) is 11.8. The highest BCUT2D eigenvalue weighted by atomic mass is 79.9. The molecule has 0 unspecified atom stereocenters. The van der Waals surface area contributed by atoms with Gasteiger partial charge in [-0.05, 0) is 28.8 Å².